The normalized spacial score (nSPS) is 19.1. The minimum Gasteiger partial charge on any atom is -0.392 e. The molecule has 1 aromatic carbocycles. The second-order valence-corrected chi connectivity index (χ2v) is 5.94. The molecule has 0 saturated carbocycles. The average Bonchev–Trinajstić information content (AvgIpc) is 2.72. The summed E-state index contributed by atoms with van der Waals surface area (Å²) >= 11 is 0. The first-order valence-electron chi connectivity index (χ1n) is 8.05. The molecule has 0 amide bonds. The molecule has 1 atom stereocenters. The number of β-amino-alcohol motifs (C(OH)–C–C–N with tert-alkyl or cyclic N) is 1. The van der Waals surface area contributed by atoms with Crippen LogP contribution < -0.4 is 0 Å². The van der Waals surface area contributed by atoms with E-state index < -0.39 is 0 Å². The number of allylic oxidation sites excluding steroid dienone is 1. The van der Waals surface area contributed by atoms with Gasteiger partial charge in [-0.1, -0.05) is 36.4 Å². The van der Waals surface area contributed by atoms with Crippen molar-refractivity contribution in [3.8, 4) is 0 Å². The Morgan fingerprint density at radius 1 is 1.10 bits per heavy atom. The highest BCUT2D eigenvalue weighted by atomic mass is 16.3. The molecule has 0 bridgehead atoms. The first kappa shape index (κ1) is 16.2. The Morgan fingerprint density at radius 3 is 2.57 bits per heavy atom. The Kier molecular flexibility index (Phi) is 6.93. The molecule has 1 fully saturated rings. The van der Waals surface area contributed by atoms with E-state index in [1.54, 1.807) is 0 Å². The standard InChI is InChI=1S/C18H28N2O/c1-2-3-10-18(21)16-20-12-7-11-19(13-14-20)15-17-8-5-4-6-9-17/h2,4-6,8-9,18,21H,1,3,7,10-16H2/t18-/m1/s1. The van der Waals surface area contributed by atoms with E-state index in [4.69, 9.17) is 0 Å². The predicted octanol–water partition coefficient (Wildman–Crippen LogP) is 2.52. The third-order valence-electron chi connectivity index (χ3n) is 4.10. The Balaban J connectivity index is 1.75. The maximum Gasteiger partial charge on any atom is 0.0670 e. The molecule has 0 aliphatic carbocycles. The van der Waals surface area contributed by atoms with Gasteiger partial charge in [-0.3, -0.25) is 9.80 Å². The van der Waals surface area contributed by atoms with E-state index in [2.05, 4.69) is 46.7 Å². The summed E-state index contributed by atoms with van der Waals surface area (Å²) in [6, 6.07) is 10.7. The zero-order valence-corrected chi connectivity index (χ0v) is 13.0. The number of benzene rings is 1. The average molecular weight is 288 g/mol. The Labute approximate surface area is 128 Å². The summed E-state index contributed by atoms with van der Waals surface area (Å²) in [5.74, 6) is 0. The lowest BCUT2D eigenvalue weighted by molar-refractivity contribution is 0.107. The lowest BCUT2D eigenvalue weighted by Gasteiger charge is -2.24. The van der Waals surface area contributed by atoms with Gasteiger partial charge in [0.1, 0.15) is 0 Å². The Morgan fingerprint density at radius 2 is 1.81 bits per heavy atom. The van der Waals surface area contributed by atoms with Crippen LogP contribution in [0.2, 0.25) is 0 Å². The van der Waals surface area contributed by atoms with Crippen LogP contribution in [-0.2, 0) is 6.54 Å². The molecule has 2 rings (SSSR count). The van der Waals surface area contributed by atoms with Crippen LogP contribution in [0.1, 0.15) is 24.8 Å². The van der Waals surface area contributed by atoms with Gasteiger partial charge >= 0.3 is 0 Å². The molecule has 1 saturated heterocycles. The lowest BCUT2D eigenvalue weighted by Crippen LogP contribution is -2.35. The van der Waals surface area contributed by atoms with Gasteiger partial charge in [-0.2, -0.15) is 0 Å². The van der Waals surface area contributed by atoms with E-state index in [0.717, 1.165) is 52.1 Å². The number of aliphatic hydroxyl groups is 1. The van der Waals surface area contributed by atoms with Crippen LogP contribution in [0, 0.1) is 0 Å². The second-order valence-electron chi connectivity index (χ2n) is 5.94. The molecule has 0 unspecified atom stereocenters. The van der Waals surface area contributed by atoms with E-state index in [-0.39, 0.29) is 6.10 Å². The molecular weight excluding hydrogens is 260 g/mol. The highest BCUT2D eigenvalue weighted by Crippen LogP contribution is 2.10. The van der Waals surface area contributed by atoms with Crippen LogP contribution >= 0.6 is 0 Å². The molecule has 1 heterocycles. The van der Waals surface area contributed by atoms with Crippen LogP contribution in [0.4, 0.5) is 0 Å². The summed E-state index contributed by atoms with van der Waals surface area (Å²) < 4.78 is 0. The van der Waals surface area contributed by atoms with Crippen molar-refractivity contribution < 1.29 is 5.11 Å². The molecule has 1 N–H and O–H groups in total. The quantitative estimate of drug-likeness (QED) is 0.781. The van der Waals surface area contributed by atoms with Crippen LogP contribution in [0.3, 0.4) is 0 Å². The largest absolute Gasteiger partial charge is 0.392 e. The highest BCUT2D eigenvalue weighted by Gasteiger charge is 2.17. The van der Waals surface area contributed by atoms with E-state index in [1.807, 2.05) is 6.08 Å². The monoisotopic (exact) mass is 288 g/mol. The minimum atomic E-state index is -0.219. The summed E-state index contributed by atoms with van der Waals surface area (Å²) in [4.78, 5) is 4.92. The molecule has 1 aromatic rings. The maximum atomic E-state index is 10.0. The summed E-state index contributed by atoms with van der Waals surface area (Å²) in [5, 5.41) is 10.0. The van der Waals surface area contributed by atoms with Crippen LogP contribution in [0.5, 0.6) is 0 Å². The second kappa shape index (κ2) is 8.98. The summed E-state index contributed by atoms with van der Waals surface area (Å²) in [7, 11) is 0. The highest BCUT2D eigenvalue weighted by molar-refractivity contribution is 5.14. The third kappa shape index (κ3) is 6.00. The van der Waals surface area contributed by atoms with Gasteiger partial charge in [-0.15, -0.1) is 6.58 Å². The smallest absolute Gasteiger partial charge is 0.0670 e. The number of aliphatic hydroxyl groups excluding tert-OH is 1. The van der Waals surface area contributed by atoms with Crippen LogP contribution in [0.15, 0.2) is 43.0 Å². The van der Waals surface area contributed by atoms with Gasteiger partial charge in [0, 0.05) is 26.2 Å². The van der Waals surface area contributed by atoms with Crippen LogP contribution in [0.25, 0.3) is 0 Å². The summed E-state index contributed by atoms with van der Waals surface area (Å²) in [6.07, 6.45) is 4.57. The zero-order chi connectivity index (χ0) is 14.9. The molecule has 21 heavy (non-hydrogen) atoms. The predicted molar refractivity (Wildman–Crippen MR) is 88.2 cm³/mol. The van der Waals surface area contributed by atoms with Crippen molar-refractivity contribution >= 4 is 0 Å². The van der Waals surface area contributed by atoms with Gasteiger partial charge in [0.25, 0.3) is 0 Å². The number of hydrogen-bond acceptors (Lipinski definition) is 3. The van der Waals surface area contributed by atoms with E-state index in [1.165, 1.54) is 12.0 Å². The number of nitrogens with zero attached hydrogens (tertiary/aromatic N) is 2. The lowest BCUT2D eigenvalue weighted by atomic mass is 10.2. The van der Waals surface area contributed by atoms with Gasteiger partial charge in [0.05, 0.1) is 6.10 Å². The number of rotatable bonds is 7. The number of hydrogen-bond donors (Lipinski definition) is 1. The van der Waals surface area contributed by atoms with Gasteiger partial charge in [0.15, 0.2) is 0 Å². The van der Waals surface area contributed by atoms with E-state index in [0.29, 0.717) is 0 Å². The van der Waals surface area contributed by atoms with Gasteiger partial charge in [0.2, 0.25) is 0 Å². The molecule has 0 aromatic heterocycles. The fourth-order valence-electron chi connectivity index (χ4n) is 2.91. The van der Waals surface area contributed by atoms with Crippen molar-refractivity contribution in [2.24, 2.45) is 0 Å². The zero-order valence-electron chi connectivity index (χ0n) is 13.0. The fourth-order valence-corrected chi connectivity index (χ4v) is 2.91. The third-order valence-corrected chi connectivity index (χ3v) is 4.10. The molecule has 0 spiro atoms. The Bertz CT molecular complexity index is 407. The topological polar surface area (TPSA) is 26.7 Å². The molecule has 116 valence electrons. The molecule has 3 heteroatoms. The molecule has 0 radical (unpaired) electrons. The van der Waals surface area contributed by atoms with Crippen molar-refractivity contribution in [1.29, 1.82) is 0 Å². The Hall–Kier alpha value is -1.16. The van der Waals surface area contributed by atoms with Crippen molar-refractivity contribution in [1.82, 2.24) is 9.80 Å². The van der Waals surface area contributed by atoms with E-state index >= 15 is 0 Å². The van der Waals surface area contributed by atoms with Crippen molar-refractivity contribution in [3.05, 3.63) is 48.6 Å². The van der Waals surface area contributed by atoms with Crippen molar-refractivity contribution in [3.63, 3.8) is 0 Å². The van der Waals surface area contributed by atoms with Crippen LogP contribution in [-0.4, -0.2) is 53.7 Å². The molecular formula is C18H28N2O. The van der Waals surface area contributed by atoms with E-state index in [9.17, 15) is 5.11 Å². The van der Waals surface area contributed by atoms with Gasteiger partial charge < -0.3 is 5.11 Å². The molecule has 3 nitrogen and oxygen atoms in total. The fraction of sp³-hybridized carbons (Fsp3) is 0.556. The van der Waals surface area contributed by atoms with Crippen molar-refractivity contribution in [2.75, 3.05) is 32.7 Å². The molecule has 1 aliphatic heterocycles. The molecule has 1 aliphatic rings. The minimum absolute atomic E-state index is 0.219. The summed E-state index contributed by atoms with van der Waals surface area (Å²) in [6.45, 7) is 9.93. The maximum absolute atomic E-state index is 10.0. The SMILES string of the molecule is C=CCC[C@@H](O)CN1CCCN(Cc2ccccc2)CC1. The first-order valence-corrected chi connectivity index (χ1v) is 8.05. The first-order chi connectivity index (χ1) is 10.3. The van der Waals surface area contributed by atoms with Crippen molar-refractivity contribution in [2.45, 2.75) is 31.9 Å². The van der Waals surface area contributed by atoms with Gasteiger partial charge in [-0.05, 0) is 37.9 Å². The summed E-state index contributed by atoms with van der Waals surface area (Å²) in [5.41, 5.74) is 1.39. The van der Waals surface area contributed by atoms with Gasteiger partial charge in [-0.25, -0.2) is 0 Å².